The lowest BCUT2D eigenvalue weighted by molar-refractivity contribution is 0.244. The second kappa shape index (κ2) is 6.11. The third kappa shape index (κ3) is 3.42. The van der Waals surface area contributed by atoms with E-state index in [1.807, 2.05) is 6.07 Å². The van der Waals surface area contributed by atoms with Gasteiger partial charge in [0.1, 0.15) is 12.0 Å². The highest BCUT2D eigenvalue weighted by Gasteiger charge is 2.26. The van der Waals surface area contributed by atoms with E-state index in [4.69, 9.17) is 0 Å². The number of nitrogens with zero attached hydrogens (tertiary/aromatic N) is 3. The molecule has 8 heteroatoms. The quantitative estimate of drug-likeness (QED) is 0.674. The molecule has 1 aliphatic carbocycles. The Kier molecular flexibility index (Phi) is 3.82. The molecule has 2 aromatic heterocycles. The van der Waals surface area contributed by atoms with Crippen LogP contribution in [0.4, 0.5) is 22.0 Å². The van der Waals surface area contributed by atoms with Gasteiger partial charge in [-0.25, -0.2) is 9.37 Å². The van der Waals surface area contributed by atoms with Crippen LogP contribution in [0, 0.1) is 0 Å². The maximum atomic E-state index is 13.9. The van der Waals surface area contributed by atoms with Crippen molar-refractivity contribution in [3.05, 3.63) is 24.0 Å². The molecule has 2 aromatic rings. The molecule has 2 fully saturated rings. The van der Waals surface area contributed by atoms with Gasteiger partial charge in [-0.1, -0.05) is 0 Å². The molecule has 0 bridgehead atoms. The number of aromatic nitrogens is 4. The van der Waals surface area contributed by atoms with Gasteiger partial charge in [-0.15, -0.1) is 0 Å². The Balaban J connectivity index is 1.42. The summed E-state index contributed by atoms with van der Waals surface area (Å²) in [5.74, 6) is 2.44. The molecular weight excluding hydrogens is 297 g/mol. The van der Waals surface area contributed by atoms with Gasteiger partial charge < -0.3 is 16.0 Å². The summed E-state index contributed by atoms with van der Waals surface area (Å²) in [5, 5.41) is 16.6. The Hall–Kier alpha value is -2.22. The minimum Gasteiger partial charge on any atom is -0.348 e. The van der Waals surface area contributed by atoms with E-state index in [0.717, 1.165) is 18.1 Å². The molecule has 7 nitrogen and oxygen atoms in total. The van der Waals surface area contributed by atoms with Crippen LogP contribution in [-0.4, -0.2) is 45.5 Å². The van der Waals surface area contributed by atoms with E-state index in [0.29, 0.717) is 30.6 Å². The van der Waals surface area contributed by atoms with Crippen molar-refractivity contribution in [2.45, 2.75) is 37.4 Å². The van der Waals surface area contributed by atoms with Crippen molar-refractivity contribution in [2.24, 2.45) is 0 Å². The van der Waals surface area contributed by atoms with E-state index in [-0.39, 0.29) is 6.04 Å². The van der Waals surface area contributed by atoms with E-state index in [2.05, 4.69) is 36.1 Å². The van der Waals surface area contributed by atoms with Crippen molar-refractivity contribution >= 4 is 17.6 Å². The fourth-order valence-corrected chi connectivity index (χ4v) is 2.78. The molecule has 0 radical (unpaired) electrons. The first-order chi connectivity index (χ1) is 11.3. The maximum absolute atomic E-state index is 13.9. The van der Waals surface area contributed by atoms with Crippen molar-refractivity contribution in [1.82, 2.24) is 25.5 Å². The number of rotatable bonds is 5. The minimum atomic E-state index is -0.934. The number of piperidine rings is 1. The van der Waals surface area contributed by atoms with Gasteiger partial charge in [-0.05, 0) is 31.9 Å². The fourth-order valence-electron chi connectivity index (χ4n) is 2.78. The zero-order chi connectivity index (χ0) is 15.6. The van der Waals surface area contributed by atoms with Gasteiger partial charge in [0, 0.05) is 30.4 Å². The Bertz CT molecular complexity index is 669. The van der Waals surface area contributed by atoms with Crippen LogP contribution < -0.4 is 16.0 Å². The lowest BCUT2D eigenvalue weighted by atomic mass is 10.1. The number of nitrogens with one attached hydrogen (secondary N) is 4. The number of hydrogen-bond donors (Lipinski definition) is 4. The molecule has 3 heterocycles. The number of hydrogen-bond acceptors (Lipinski definition) is 6. The predicted molar refractivity (Wildman–Crippen MR) is 85.7 cm³/mol. The summed E-state index contributed by atoms with van der Waals surface area (Å²) in [6.07, 6.45) is 3.89. The molecule has 0 amide bonds. The summed E-state index contributed by atoms with van der Waals surface area (Å²) in [6.45, 7) is 1.17. The van der Waals surface area contributed by atoms with E-state index >= 15 is 0 Å². The van der Waals surface area contributed by atoms with E-state index < -0.39 is 6.17 Å². The number of H-pyrrole nitrogens is 1. The topological polar surface area (TPSA) is 90.6 Å². The van der Waals surface area contributed by atoms with Crippen LogP contribution in [0.15, 0.2) is 18.3 Å². The Morgan fingerprint density at radius 3 is 2.96 bits per heavy atom. The van der Waals surface area contributed by atoms with Crippen molar-refractivity contribution in [1.29, 1.82) is 0 Å². The highest BCUT2D eigenvalue weighted by Crippen LogP contribution is 2.39. The molecule has 2 aliphatic rings. The molecule has 4 rings (SSSR count). The smallest absolute Gasteiger partial charge is 0.224 e. The summed E-state index contributed by atoms with van der Waals surface area (Å²) < 4.78 is 13.9. The predicted octanol–water partition coefficient (Wildman–Crippen LogP) is 1.93. The highest BCUT2D eigenvalue weighted by molar-refractivity contribution is 5.53. The monoisotopic (exact) mass is 317 g/mol. The minimum absolute atomic E-state index is 0.252. The van der Waals surface area contributed by atoms with Crippen molar-refractivity contribution in [3.63, 3.8) is 0 Å². The van der Waals surface area contributed by atoms with Crippen molar-refractivity contribution < 1.29 is 4.39 Å². The first-order valence-electron chi connectivity index (χ1n) is 8.04. The molecule has 2 atom stereocenters. The maximum Gasteiger partial charge on any atom is 0.224 e. The van der Waals surface area contributed by atoms with Crippen LogP contribution in [0.2, 0.25) is 0 Å². The van der Waals surface area contributed by atoms with Crippen LogP contribution in [-0.2, 0) is 0 Å². The molecule has 0 spiro atoms. The molecule has 1 aliphatic heterocycles. The van der Waals surface area contributed by atoms with Gasteiger partial charge in [0.15, 0.2) is 5.82 Å². The molecule has 122 valence electrons. The van der Waals surface area contributed by atoms with Crippen LogP contribution in [0.3, 0.4) is 0 Å². The molecule has 0 unspecified atom stereocenters. The Morgan fingerprint density at radius 1 is 1.22 bits per heavy atom. The first-order valence-corrected chi connectivity index (χ1v) is 8.04. The number of anilines is 3. The summed E-state index contributed by atoms with van der Waals surface area (Å²) in [5.41, 5.74) is 1.16. The normalized spacial score (nSPS) is 24.4. The largest absolute Gasteiger partial charge is 0.348 e. The summed E-state index contributed by atoms with van der Waals surface area (Å²) in [4.78, 5) is 8.57. The van der Waals surface area contributed by atoms with Crippen molar-refractivity contribution in [2.75, 3.05) is 23.7 Å². The van der Waals surface area contributed by atoms with Gasteiger partial charge in [-0.3, -0.25) is 5.10 Å². The van der Waals surface area contributed by atoms with Crippen LogP contribution in [0.25, 0.3) is 0 Å². The number of aromatic amines is 1. The van der Waals surface area contributed by atoms with E-state index in [1.165, 1.54) is 12.8 Å². The lowest BCUT2D eigenvalue weighted by Crippen LogP contribution is -2.45. The average molecular weight is 317 g/mol. The van der Waals surface area contributed by atoms with Gasteiger partial charge >= 0.3 is 0 Å². The van der Waals surface area contributed by atoms with Gasteiger partial charge in [0.25, 0.3) is 0 Å². The van der Waals surface area contributed by atoms with Crippen LogP contribution in [0.5, 0.6) is 0 Å². The molecule has 1 saturated carbocycles. The summed E-state index contributed by atoms with van der Waals surface area (Å²) in [6, 6.07) is 3.53. The Labute approximate surface area is 133 Å². The van der Waals surface area contributed by atoms with Crippen LogP contribution >= 0.6 is 0 Å². The Morgan fingerprint density at radius 2 is 2.13 bits per heavy atom. The molecule has 23 heavy (non-hydrogen) atoms. The number of alkyl halides is 1. The third-order valence-corrected chi connectivity index (χ3v) is 4.25. The molecule has 0 aromatic carbocycles. The summed E-state index contributed by atoms with van der Waals surface area (Å²) in [7, 11) is 0. The van der Waals surface area contributed by atoms with Gasteiger partial charge in [0.2, 0.25) is 5.95 Å². The lowest BCUT2D eigenvalue weighted by Gasteiger charge is -2.27. The SMILES string of the molecule is F[C@@H]1CNCC[C@@H]1Nc1nccc(Nc2cc(C3CC3)[nH]n2)n1. The molecule has 1 saturated heterocycles. The second-order valence-corrected chi connectivity index (χ2v) is 6.13. The van der Waals surface area contributed by atoms with Gasteiger partial charge in [-0.2, -0.15) is 10.1 Å². The van der Waals surface area contributed by atoms with Crippen molar-refractivity contribution in [3.8, 4) is 0 Å². The zero-order valence-corrected chi connectivity index (χ0v) is 12.7. The molecular formula is C15H20FN7. The van der Waals surface area contributed by atoms with E-state index in [9.17, 15) is 4.39 Å². The molecule has 4 N–H and O–H groups in total. The highest BCUT2D eigenvalue weighted by atomic mass is 19.1. The zero-order valence-electron chi connectivity index (χ0n) is 12.7. The fraction of sp³-hybridized carbons (Fsp3) is 0.533. The standard InChI is InChI=1S/C15H20FN7/c16-10-8-17-5-3-11(10)19-15-18-6-4-13(21-15)20-14-7-12(22-23-14)9-1-2-9/h4,6-7,9-11,17H,1-3,5,8H2,(H3,18,19,20,21,22,23)/t10-,11+/m1/s1. The average Bonchev–Trinajstić information content (AvgIpc) is 3.30. The van der Waals surface area contributed by atoms with E-state index in [1.54, 1.807) is 12.3 Å². The van der Waals surface area contributed by atoms with Crippen LogP contribution in [0.1, 0.15) is 30.9 Å². The summed E-state index contributed by atoms with van der Waals surface area (Å²) >= 11 is 0. The number of halogens is 1. The first kappa shape index (κ1) is 14.4. The van der Waals surface area contributed by atoms with Gasteiger partial charge in [0.05, 0.1) is 6.04 Å². The second-order valence-electron chi connectivity index (χ2n) is 6.13. The third-order valence-electron chi connectivity index (χ3n) is 4.25.